The van der Waals surface area contributed by atoms with Crippen molar-refractivity contribution < 1.29 is 4.79 Å². The fourth-order valence-electron chi connectivity index (χ4n) is 1.02. The van der Waals surface area contributed by atoms with Crippen molar-refractivity contribution in [3.63, 3.8) is 0 Å². The molecule has 0 saturated heterocycles. The Morgan fingerprint density at radius 3 is 3.08 bits per heavy atom. The fraction of sp³-hybridized carbons (Fsp3) is 0. The number of halogens is 1. The number of hydrogen-bond acceptors (Lipinski definition) is 3. The Hall–Kier alpha value is -1.43. The van der Waals surface area contributed by atoms with Crippen molar-refractivity contribution >= 4 is 27.5 Å². The van der Waals surface area contributed by atoms with Crippen LogP contribution in [-0.2, 0) is 0 Å². The molecule has 2 rings (SSSR count). The highest BCUT2D eigenvalue weighted by molar-refractivity contribution is 9.10. The molecule has 2 N–H and O–H groups in total. The monoisotopic (exact) mass is 239 g/mol. The summed E-state index contributed by atoms with van der Waals surface area (Å²) in [6.07, 6.45) is 2.40. The summed E-state index contributed by atoms with van der Waals surface area (Å²) in [7, 11) is 0. The van der Waals surface area contributed by atoms with Gasteiger partial charge in [-0.25, -0.2) is 9.50 Å². The molecule has 0 bridgehead atoms. The number of amides is 1. The molecular weight excluding hydrogens is 236 g/mol. The first kappa shape index (κ1) is 8.18. The van der Waals surface area contributed by atoms with E-state index < -0.39 is 5.91 Å². The number of aromatic nitrogens is 3. The molecule has 0 aliphatic heterocycles. The number of primary amides is 1. The maximum absolute atomic E-state index is 10.9. The molecule has 0 spiro atoms. The van der Waals surface area contributed by atoms with Gasteiger partial charge >= 0.3 is 0 Å². The molecule has 0 saturated carbocycles. The molecule has 0 fully saturated rings. The van der Waals surface area contributed by atoms with Gasteiger partial charge in [-0.3, -0.25) is 4.79 Å². The van der Waals surface area contributed by atoms with Crippen LogP contribution in [0.4, 0.5) is 0 Å². The van der Waals surface area contributed by atoms with Gasteiger partial charge in [-0.15, -0.1) is 5.10 Å². The molecule has 0 aromatic carbocycles. The summed E-state index contributed by atoms with van der Waals surface area (Å²) >= 11 is 3.25. The number of rotatable bonds is 1. The second-order valence-electron chi connectivity index (χ2n) is 2.38. The Labute approximate surface area is 81.7 Å². The van der Waals surface area contributed by atoms with Gasteiger partial charge in [0, 0.05) is 0 Å². The minimum atomic E-state index is -0.529. The van der Waals surface area contributed by atoms with E-state index in [1.54, 1.807) is 12.1 Å². The highest BCUT2D eigenvalue weighted by Gasteiger charge is 2.10. The molecule has 6 heteroatoms. The molecule has 2 aromatic rings. The zero-order valence-corrected chi connectivity index (χ0v) is 7.95. The first-order valence-electron chi connectivity index (χ1n) is 3.41. The Morgan fingerprint density at radius 2 is 2.38 bits per heavy atom. The Bertz CT molecular complexity index is 478. The molecule has 0 atom stereocenters. The van der Waals surface area contributed by atoms with Gasteiger partial charge < -0.3 is 5.73 Å². The summed E-state index contributed by atoms with van der Waals surface area (Å²) in [5.41, 5.74) is 5.87. The van der Waals surface area contributed by atoms with E-state index in [0.717, 1.165) is 0 Å². The minimum absolute atomic E-state index is 0.331. The summed E-state index contributed by atoms with van der Waals surface area (Å²) in [5, 5.41) is 3.79. The molecule has 2 aromatic heterocycles. The normalized spacial score (nSPS) is 10.5. The largest absolute Gasteiger partial charge is 0.365 e. The third-order valence-corrected chi connectivity index (χ3v) is 2.20. The number of fused-ring (bicyclic) bond motifs is 1. The van der Waals surface area contributed by atoms with Crippen LogP contribution in [0.15, 0.2) is 16.7 Å². The van der Waals surface area contributed by atoms with Crippen molar-refractivity contribution in [1.29, 1.82) is 0 Å². The third-order valence-electron chi connectivity index (χ3n) is 1.60. The van der Waals surface area contributed by atoms with E-state index in [1.807, 2.05) is 0 Å². The summed E-state index contributed by atoms with van der Waals surface area (Å²) in [5.74, 6) is -0.529. The Kier molecular flexibility index (Phi) is 1.77. The molecule has 2 heterocycles. The van der Waals surface area contributed by atoms with Crippen molar-refractivity contribution in [2.24, 2.45) is 5.73 Å². The predicted octanol–water partition coefficient (Wildman–Crippen LogP) is 0.391. The molecule has 13 heavy (non-hydrogen) atoms. The lowest BCUT2D eigenvalue weighted by molar-refractivity contribution is 0.100. The van der Waals surface area contributed by atoms with Gasteiger partial charge in [0.2, 0.25) is 6.33 Å². The van der Waals surface area contributed by atoms with Crippen molar-refractivity contribution in [3.8, 4) is 0 Å². The third kappa shape index (κ3) is 1.19. The lowest BCUT2D eigenvalue weighted by atomic mass is 10.2. The summed E-state index contributed by atoms with van der Waals surface area (Å²) in [6.45, 7) is 0. The molecule has 0 unspecified atom stereocenters. The average molecular weight is 240 g/mol. The molecule has 1 radical (unpaired) electrons. The van der Waals surface area contributed by atoms with Crippen LogP contribution < -0.4 is 5.73 Å². The van der Waals surface area contributed by atoms with Crippen LogP contribution in [0.25, 0.3) is 5.65 Å². The SMILES string of the molecule is NC(=O)c1ccc(Br)n2n[c]nc12. The Morgan fingerprint density at radius 1 is 1.62 bits per heavy atom. The minimum Gasteiger partial charge on any atom is -0.365 e. The van der Waals surface area contributed by atoms with Crippen molar-refractivity contribution in [2.45, 2.75) is 0 Å². The van der Waals surface area contributed by atoms with E-state index in [9.17, 15) is 4.79 Å². The zero-order valence-electron chi connectivity index (χ0n) is 6.36. The van der Waals surface area contributed by atoms with Gasteiger partial charge in [0.25, 0.3) is 5.91 Å². The number of carbonyl (C=O) groups is 1. The first-order valence-corrected chi connectivity index (χ1v) is 4.20. The number of pyridine rings is 1. The number of hydrogen-bond donors (Lipinski definition) is 1. The highest BCUT2D eigenvalue weighted by Crippen LogP contribution is 2.14. The van der Waals surface area contributed by atoms with Crippen LogP contribution >= 0.6 is 15.9 Å². The van der Waals surface area contributed by atoms with Gasteiger partial charge in [-0.05, 0) is 28.1 Å². The van der Waals surface area contributed by atoms with Crippen LogP contribution in [0.2, 0.25) is 0 Å². The standard InChI is InChI=1S/C7H4BrN4O/c8-5-2-1-4(6(9)13)7-10-3-11-12(5)7/h1-2H,(H2,9,13). The predicted molar refractivity (Wildman–Crippen MR) is 48.0 cm³/mol. The van der Waals surface area contributed by atoms with Crippen LogP contribution in [-0.4, -0.2) is 20.5 Å². The van der Waals surface area contributed by atoms with E-state index >= 15 is 0 Å². The van der Waals surface area contributed by atoms with Gasteiger partial charge in [0.05, 0.1) is 5.56 Å². The molecular formula is C7H4BrN4O. The quantitative estimate of drug-likeness (QED) is 0.732. The van der Waals surface area contributed by atoms with E-state index in [2.05, 4.69) is 32.3 Å². The van der Waals surface area contributed by atoms with Crippen LogP contribution in [0.5, 0.6) is 0 Å². The summed E-state index contributed by atoms with van der Waals surface area (Å²) < 4.78 is 2.14. The number of carbonyl (C=O) groups excluding carboxylic acids is 1. The van der Waals surface area contributed by atoms with E-state index in [-0.39, 0.29) is 0 Å². The van der Waals surface area contributed by atoms with E-state index in [4.69, 9.17) is 5.73 Å². The summed E-state index contributed by atoms with van der Waals surface area (Å²) in [6, 6.07) is 3.26. The maximum Gasteiger partial charge on any atom is 0.252 e. The molecule has 1 amide bonds. The van der Waals surface area contributed by atoms with Gasteiger partial charge in [-0.1, -0.05) is 0 Å². The zero-order chi connectivity index (χ0) is 9.42. The number of nitrogens with zero attached hydrogens (tertiary/aromatic N) is 3. The molecule has 65 valence electrons. The van der Waals surface area contributed by atoms with E-state index in [1.165, 1.54) is 4.52 Å². The lowest BCUT2D eigenvalue weighted by Gasteiger charge is -1.99. The number of nitrogens with two attached hydrogens (primary N) is 1. The van der Waals surface area contributed by atoms with Crippen molar-refractivity contribution in [1.82, 2.24) is 14.6 Å². The topological polar surface area (TPSA) is 73.3 Å². The lowest BCUT2D eigenvalue weighted by Crippen LogP contribution is -2.13. The molecule has 0 aliphatic carbocycles. The maximum atomic E-state index is 10.9. The smallest absolute Gasteiger partial charge is 0.252 e. The average Bonchev–Trinajstić information content (AvgIpc) is 2.53. The fourth-order valence-corrected chi connectivity index (χ4v) is 1.40. The second kappa shape index (κ2) is 2.81. The van der Waals surface area contributed by atoms with Crippen LogP contribution in [0.1, 0.15) is 10.4 Å². The van der Waals surface area contributed by atoms with E-state index in [0.29, 0.717) is 15.8 Å². The Balaban J connectivity index is 2.86. The first-order chi connectivity index (χ1) is 6.20. The van der Waals surface area contributed by atoms with Crippen molar-refractivity contribution in [3.05, 3.63) is 28.6 Å². The summed E-state index contributed by atoms with van der Waals surface area (Å²) in [4.78, 5) is 14.7. The van der Waals surface area contributed by atoms with Gasteiger partial charge in [0.15, 0.2) is 5.65 Å². The molecule has 5 nitrogen and oxygen atoms in total. The second-order valence-corrected chi connectivity index (χ2v) is 3.19. The van der Waals surface area contributed by atoms with Gasteiger partial charge in [-0.2, -0.15) is 0 Å². The van der Waals surface area contributed by atoms with Crippen molar-refractivity contribution in [2.75, 3.05) is 0 Å². The van der Waals surface area contributed by atoms with Crippen LogP contribution in [0, 0.1) is 6.33 Å². The van der Waals surface area contributed by atoms with Gasteiger partial charge in [0.1, 0.15) is 4.60 Å². The highest BCUT2D eigenvalue weighted by atomic mass is 79.9. The van der Waals surface area contributed by atoms with Crippen LogP contribution in [0.3, 0.4) is 0 Å². The molecule has 0 aliphatic rings.